The van der Waals surface area contributed by atoms with E-state index in [2.05, 4.69) is 5.32 Å². The largest absolute Gasteiger partial charge is 0.547 e. The Balaban J connectivity index is 2.08. The van der Waals surface area contributed by atoms with Gasteiger partial charge in [0.25, 0.3) is 5.91 Å². The van der Waals surface area contributed by atoms with E-state index in [1.807, 2.05) is 6.07 Å². The number of nitrogens with one attached hydrogen (secondary N) is 1. The summed E-state index contributed by atoms with van der Waals surface area (Å²) in [5, 5.41) is 13.8. The summed E-state index contributed by atoms with van der Waals surface area (Å²) >= 11 is 0. The molecule has 1 atom stereocenters. The lowest BCUT2D eigenvalue weighted by Crippen LogP contribution is -2.51. The van der Waals surface area contributed by atoms with Gasteiger partial charge in [0.05, 0.1) is 5.97 Å². The topological polar surface area (TPSA) is 72.5 Å². The van der Waals surface area contributed by atoms with Crippen LogP contribution in [-0.4, -0.2) is 35.9 Å². The molecule has 1 aliphatic rings. The molecule has 0 radical (unpaired) electrons. The summed E-state index contributed by atoms with van der Waals surface area (Å²) in [6.45, 7) is 1.25. The summed E-state index contributed by atoms with van der Waals surface area (Å²) < 4.78 is 0. The molecular formula is C13H15N2O3-. The lowest BCUT2D eigenvalue weighted by Gasteiger charge is -2.25. The smallest absolute Gasteiger partial charge is 0.250 e. The number of benzene rings is 1. The lowest BCUT2D eigenvalue weighted by atomic mass is 10.2. The van der Waals surface area contributed by atoms with Crippen LogP contribution in [0.3, 0.4) is 0 Å². The Hall–Kier alpha value is -2.04. The minimum absolute atomic E-state index is 0.420. The molecule has 0 spiro atoms. The molecule has 0 saturated carbocycles. The van der Waals surface area contributed by atoms with Crippen molar-refractivity contribution in [3.05, 3.63) is 30.3 Å². The molecule has 1 fully saturated rings. The van der Waals surface area contributed by atoms with E-state index in [-0.39, 0.29) is 0 Å². The first kappa shape index (κ1) is 12.4. The first-order valence-corrected chi connectivity index (χ1v) is 6.00. The molecule has 0 aromatic heterocycles. The fourth-order valence-electron chi connectivity index (χ4n) is 2.04. The van der Waals surface area contributed by atoms with Crippen LogP contribution in [0.2, 0.25) is 0 Å². The number of rotatable bonds is 4. The Bertz CT molecular complexity index is 427. The maximum Gasteiger partial charge on any atom is 0.250 e. The van der Waals surface area contributed by atoms with Gasteiger partial charge in [-0.25, -0.2) is 0 Å². The monoisotopic (exact) mass is 247 g/mol. The number of carboxylic acid groups (broad SMARTS) is 1. The molecule has 5 heteroatoms. The first-order chi connectivity index (χ1) is 8.68. The molecule has 2 rings (SSSR count). The number of carboxylic acids is 1. The number of para-hydroxylation sites is 1. The third-order valence-corrected chi connectivity index (χ3v) is 2.99. The number of anilines is 1. The van der Waals surface area contributed by atoms with Gasteiger partial charge < -0.3 is 20.1 Å². The van der Waals surface area contributed by atoms with Crippen LogP contribution in [0, 0.1) is 0 Å². The van der Waals surface area contributed by atoms with E-state index in [4.69, 9.17) is 0 Å². The van der Waals surface area contributed by atoms with E-state index in [1.165, 1.54) is 0 Å². The van der Waals surface area contributed by atoms with Gasteiger partial charge in [-0.05, 0) is 25.0 Å². The highest BCUT2D eigenvalue weighted by molar-refractivity contribution is 6.03. The molecule has 5 nitrogen and oxygen atoms in total. The van der Waals surface area contributed by atoms with Gasteiger partial charge in [0, 0.05) is 18.8 Å². The van der Waals surface area contributed by atoms with Crippen LogP contribution in [0.25, 0.3) is 0 Å². The number of nitrogens with zero attached hydrogens (tertiary/aromatic N) is 1. The van der Waals surface area contributed by atoms with Gasteiger partial charge in [-0.15, -0.1) is 0 Å². The maximum atomic E-state index is 12.0. The molecule has 0 aliphatic carbocycles. The van der Waals surface area contributed by atoms with Crippen LogP contribution in [0.1, 0.15) is 12.8 Å². The maximum absolute atomic E-state index is 12.0. The molecule has 18 heavy (non-hydrogen) atoms. The fourth-order valence-corrected chi connectivity index (χ4v) is 2.04. The Kier molecular flexibility index (Phi) is 3.82. The normalized spacial score (nSPS) is 16.3. The zero-order valence-electron chi connectivity index (χ0n) is 9.96. The Morgan fingerprint density at radius 3 is 2.33 bits per heavy atom. The predicted octanol–water partition coefficient (Wildman–Crippen LogP) is -0.161. The number of hydrogen-bond donors (Lipinski definition) is 1. The summed E-state index contributed by atoms with van der Waals surface area (Å²) in [4.78, 5) is 24.7. The molecule has 1 N–H and O–H groups in total. The van der Waals surface area contributed by atoms with E-state index in [0.717, 1.165) is 12.8 Å². The highest BCUT2D eigenvalue weighted by atomic mass is 16.4. The molecule has 1 unspecified atom stereocenters. The van der Waals surface area contributed by atoms with Crippen molar-refractivity contribution in [1.29, 1.82) is 0 Å². The van der Waals surface area contributed by atoms with Gasteiger partial charge in [-0.2, -0.15) is 0 Å². The Morgan fingerprint density at radius 2 is 1.78 bits per heavy atom. The van der Waals surface area contributed by atoms with Crippen LogP contribution in [0.4, 0.5) is 5.69 Å². The average Bonchev–Trinajstić information content (AvgIpc) is 2.90. The van der Waals surface area contributed by atoms with Gasteiger partial charge in [0.1, 0.15) is 6.04 Å². The van der Waals surface area contributed by atoms with Crippen molar-refractivity contribution in [1.82, 2.24) is 4.90 Å². The number of amides is 1. The molecule has 96 valence electrons. The summed E-state index contributed by atoms with van der Waals surface area (Å²) in [5.41, 5.74) is 0.597. The van der Waals surface area contributed by atoms with E-state index in [9.17, 15) is 14.7 Å². The van der Waals surface area contributed by atoms with E-state index in [0.29, 0.717) is 18.8 Å². The molecule has 1 aromatic rings. The first-order valence-electron chi connectivity index (χ1n) is 6.00. The van der Waals surface area contributed by atoms with Crippen molar-refractivity contribution in [3.63, 3.8) is 0 Å². The Labute approximate surface area is 105 Å². The van der Waals surface area contributed by atoms with Crippen molar-refractivity contribution in [2.45, 2.75) is 18.9 Å². The third kappa shape index (κ3) is 2.80. The van der Waals surface area contributed by atoms with Crippen LogP contribution in [0.5, 0.6) is 0 Å². The van der Waals surface area contributed by atoms with Gasteiger partial charge in [-0.3, -0.25) is 4.79 Å². The predicted molar refractivity (Wildman–Crippen MR) is 64.7 cm³/mol. The van der Waals surface area contributed by atoms with Gasteiger partial charge in [0.2, 0.25) is 0 Å². The van der Waals surface area contributed by atoms with Crippen molar-refractivity contribution in [2.24, 2.45) is 0 Å². The highest BCUT2D eigenvalue weighted by Crippen LogP contribution is 2.12. The quantitative estimate of drug-likeness (QED) is 0.750. The average molecular weight is 247 g/mol. The summed E-state index contributed by atoms with van der Waals surface area (Å²) in [6, 6.07) is 7.48. The lowest BCUT2D eigenvalue weighted by molar-refractivity contribution is -0.305. The zero-order valence-corrected chi connectivity index (χ0v) is 9.96. The third-order valence-electron chi connectivity index (χ3n) is 2.99. The number of aliphatic carboxylic acids is 1. The molecule has 1 amide bonds. The Morgan fingerprint density at radius 1 is 1.17 bits per heavy atom. The van der Waals surface area contributed by atoms with Gasteiger partial charge in [-0.1, -0.05) is 18.2 Å². The molecule has 1 aliphatic heterocycles. The van der Waals surface area contributed by atoms with Crippen molar-refractivity contribution >= 4 is 17.6 Å². The van der Waals surface area contributed by atoms with E-state index in [1.54, 1.807) is 29.2 Å². The van der Waals surface area contributed by atoms with Crippen LogP contribution >= 0.6 is 0 Å². The molecule has 1 saturated heterocycles. The van der Waals surface area contributed by atoms with Crippen LogP contribution in [0.15, 0.2) is 30.3 Å². The van der Waals surface area contributed by atoms with Crippen LogP contribution in [-0.2, 0) is 9.59 Å². The van der Waals surface area contributed by atoms with Crippen LogP contribution < -0.4 is 10.4 Å². The molecule has 0 bridgehead atoms. The van der Waals surface area contributed by atoms with Crippen molar-refractivity contribution in [3.8, 4) is 0 Å². The second-order valence-corrected chi connectivity index (χ2v) is 4.29. The van der Waals surface area contributed by atoms with E-state index >= 15 is 0 Å². The summed E-state index contributed by atoms with van der Waals surface area (Å²) in [7, 11) is 0. The number of likely N-dealkylation sites (tertiary alicyclic amines) is 1. The minimum Gasteiger partial charge on any atom is -0.547 e. The standard InChI is InChI=1S/C13H16N2O3/c16-12(15-8-4-5-9-15)11(13(17)18)14-10-6-2-1-3-7-10/h1-3,6-7,11,14H,4-5,8-9H2,(H,17,18)/p-1. The zero-order chi connectivity index (χ0) is 13.0. The van der Waals surface area contributed by atoms with Gasteiger partial charge in [0.15, 0.2) is 0 Å². The molecule has 1 heterocycles. The number of carbonyl (C=O) groups is 2. The molecule has 1 aromatic carbocycles. The summed E-state index contributed by atoms with van der Waals surface area (Å²) in [6.07, 6.45) is 1.85. The number of carbonyl (C=O) groups excluding carboxylic acids is 2. The SMILES string of the molecule is O=C([O-])C(Nc1ccccc1)C(=O)N1CCCC1. The fraction of sp³-hybridized carbons (Fsp3) is 0.385. The van der Waals surface area contributed by atoms with Crippen molar-refractivity contribution in [2.75, 3.05) is 18.4 Å². The second-order valence-electron chi connectivity index (χ2n) is 4.29. The van der Waals surface area contributed by atoms with E-state index < -0.39 is 17.9 Å². The second kappa shape index (κ2) is 5.53. The molecular weight excluding hydrogens is 232 g/mol. The highest BCUT2D eigenvalue weighted by Gasteiger charge is 2.27. The summed E-state index contributed by atoms with van der Waals surface area (Å²) in [5.74, 6) is -1.81. The van der Waals surface area contributed by atoms with Crippen molar-refractivity contribution < 1.29 is 14.7 Å². The minimum atomic E-state index is -1.39. The van der Waals surface area contributed by atoms with Gasteiger partial charge >= 0.3 is 0 Å². The number of hydrogen-bond acceptors (Lipinski definition) is 4.